The van der Waals surface area contributed by atoms with Crippen LogP contribution in [0.2, 0.25) is 0 Å². The number of piperidine rings is 1. The molecule has 3 aliphatic rings. The number of hydrogen-bond donors (Lipinski definition) is 1. The molecule has 0 bridgehead atoms. The summed E-state index contributed by atoms with van der Waals surface area (Å²) in [6.45, 7) is 5.45. The largest absolute Gasteiger partial charge is 0.376 e. The summed E-state index contributed by atoms with van der Waals surface area (Å²) in [4.78, 5) is 28.6. The van der Waals surface area contributed by atoms with E-state index in [0.29, 0.717) is 19.0 Å². The molecule has 1 N–H and O–H groups in total. The molecule has 130 valence electrons. The number of ether oxygens (including phenoxy) is 1. The van der Waals surface area contributed by atoms with Crippen LogP contribution in [0, 0.1) is 5.92 Å². The van der Waals surface area contributed by atoms with Crippen LogP contribution < -0.4 is 5.32 Å². The van der Waals surface area contributed by atoms with E-state index in [9.17, 15) is 9.59 Å². The summed E-state index contributed by atoms with van der Waals surface area (Å²) in [5.74, 6) is 0.578. The molecule has 0 spiro atoms. The average molecular weight is 323 g/mol. The summed E-state index contributed by atoms with van der Waals surface area (Å²) >= 11 is 0. The van der Waals surface area contributed by atoms with Gasteiger partial charge in [0.2, 0.25) is 11.8 Å². The molecule has 1 atom stereocenters. The van der Waals surface area contributed by atoms with Gasteiger partial charge in [0.25, 0.3) is 0 Å². The number of carbonyl (C=O) groups excluding carboxylic acids is 2. The highest BCUT2D eigenvalue weighted by Crippen LogP contribution is 2.21. The highest BCUT2D eigenvalue weighted by Gasteiger charge is 2.30. The molecular formula is C17H29N3O3. The number of likely N-dealkylation sites (tertiary alicyclic amines) is 2. The first kappa shape index (κ1) is 16.7. The molecule has 0 aromatic carbocycles. The number of amides is 2. The molecule has 6 heteroatoms. The van der Waals surface area contributed by atoms with Gasteiger partial charge in [0.15, 0.2) is 0 Å². The quantitative estimate of drug-likeness (QED) is 0.805. The van der Waals surface area contributed by atoms with Crippen molar-refractivity contribution >= 4 is 11.8 Å². The molecule has 0 radical (unpaired) electrons. The first-order valence-corrected chi connectivity index (χ1v) is 9.12. The molecule has 3 fully saturated rings. The zero-order valence-electron chi connectivity index (χ0n) is 14.0. The molecule has 3 saturated heterocycles. The van der Waals surface area contributed by atoms with Crippen LogP contribution in [0.15, 0.2) is 0 Å². The lowest BCUT2D eigenvalue weighted by Gasteiger charge is -2.32. The van der Waals surface area contributed by atoms with Crippen LogP contribution in [0.5, 0.6) is 0 Å². The molecule has 1 unspecified atom stereocenters. The van der Waals surface area contributed by atoms with Crippen molar-refractivity contribution < 1.29 is 14.3 Å². The Kier molecular flexibility index (Phi) is 5.89. The van der Waals surface area contributed by atoms with Crippen LogP contribution in [-0.4, -0.2) is 73.6 Å². The molecule has 0 aliphatic carbocycles. The molecule has 0 saturated carbocycles. The van der Waals surface area contributed by atoms with Crippen LogP contribution in [0.3, 0.4) is 0 Å². The molecule has 2 amide bonds. The van der Waals surface area contributed by atoms with Gasteiger partial charge in [-0.2, -0.15) is 0 Å². The second kappa shape index (κ2) is 8.11. The van der Waals surface area contributed by atoms with Gasteiger partial charge in [0, 0.05) is 32.2 Å². The summed E-state index contributed by atoms with van der Waals surface area (Å²) in [7, 11) is 0. The highest BCUT2D eigenvalue weighted by atomic mass is 16.5. The number of rotatable bonds is 5. The minimum atomic E-state index is 0.0739. The zero-order chi connectivity index (χ0) is 16.1. The van der Waals surface area contributed by atoms with Gasteiger partial charge in [-0.3, -0.25) is 14.5 Å². The van der Waals surface area contributed by atoms with E-state index in [0.717, 1.165) is 71.3 Å². The molecule has 23 heavy (non-hydrogen) atoms. The average Bonchev–Trinajstić information content (AvgIpc) is 3.26. The monoisotopic (exact) mass is 323 g/mol. The van der Waals surface area contributed by atoms with Gasteiger partial charge in [-0.05, 0) is 51.6 Å². The molecule has 0 aromatic rings. The van der Waals surface area contributed by atoms with Crippen LogP contribution in [0.25, 0.3) is 0 Å². The maximum absolute atomic E-state index is 12.4. The van der Waals surface area contributed by atoms with E-state index < -0.39 is 0 Å². The Labute approximate surface area is 138 Å². The molecule has 0 aromatic heterocycles. The fourth-order valence-electron chi connectivity index (χ4n) is 3.83. The van der Waals surface area contributed by atoms with Crippen molar-refractivity contribution in [3.63, 3.8) is 0 Å². The van der Waals surface area contributed by atoms with Gasteiger partial charge < -0.3 is 15.0 Å². The van der Waals surface area contributed by atoms with Crippen molar-refractivity contribution in [2.24, 2.45) is 5.92 Å². The third-order valence-electron chi connectivity index (χ3n) is 5.27. The van der Waals surface area contributed by atoms with Crippen LogP contribution in [0.4, 0.5) is 0 Å². The highest BCUT2D eigenvalue weighted by molar-refractivity contribution is 5.79. The van der Waals surface area contributed by atoms with E-state index in [-0.39, 0.29) is 17.9 Å². The standard InChI is InChI=1S/C17H29N3O3/c21-16(18-12-15-4-3-11-23-15)13-19-9-5-14(6-10-19)17(22)20-7-1-2-8-20/h14-15H,1-13H2,(H,18,21). The predicted molar refractivity (Wildman–Crippen MR) is 87.0 cm³/mol. The fourth-order valence-corrected chi connectivity index (χ4v) is 3.83. The van der Waals surface area contributed by atoms with Gasteiger partial charge in [0.1, 0.15) is 0 Å². The first-order chi connectivity index (χ1) is 11.2. The second-order valence-corrected chi connectivity index (χ2v) is 7.02. The van der Waals surface area contributed by atoms with Gasteiger partial charge in [0.05, 0.1) is 12.6 Å². The van der Waals surface area contributed by atoms with E-state index in [4.69, 9.17) is 4.74 Å². The fraction of sp³-hybridized carbons (Fsp3) is 0.882. The first-order valence-electron chi connectivity index (χ1n) is 9.12. The Morgan fingerprint density at radius 3 is 2.39 bits per heavy atom. The topological polar surface area (TPSA) is 61.9 Å². The maximum atomic E-state index is 12.4. The third kappa shape index (κ3) is 4.67. The van der Waals surface area contributed by atoms with Crippen molar-refractivity contribution in [2.75, 3.05) is 45.9 Å². The Morgan fingerprint density at radius 2 is 1.74 bits per heavy atom. The van der Waals surface area contributed by atoms with Crippen LogP contribution in [-0.2, 0) is 14.3 Å². The lowest BCUT2D eigenvalue weighted by molar-refractivity contribution is -0.136. The molecule has 3 aliphatic heterocycles. The van der Waals surface area contributed by atoms with Crippen LogP contribution in [0.1, 0.15) is 38.5 Å². The Bertz CT molecular complexity index is 409. The SMILES string of the molecule is O=C(CN1CCC(C(=O)N2CCCC2)CC1)NCC1CCCO1. The molecule has 3 heterocycles. The van der Waals surface area contributed by atoms with Crippen molar-refractivity contribution in [3.8, 4) is 0 Å². The van der Waals surface area contributed by atoms with Gasteiger partial charge in [-0.15, -0.1) is 0 Å². The van der Waals surface area contributed by atoms with Gasteiger partial charge >= 0.3 is 0 Å². The summed E-state index contributed by atoms with van der Waals surface area (Å²) in [5, 5.41) is 2.97. The van der Waals surface area contributed by atoms with E-state index in [1.807, 2.05) is 4.90 Å². The number of nitrogens with zero attached hydrogens (tertiary/aromatic N) is 2. The van der Waals surface area contributed by atoms with Gasteiger partial charge in [-0.1, -0.05) is 0 Å². The Morgan fingerprint density at radius 1 is 1.00 bits per heavy atom. The summed E-state index contributed by atoms with van der Waals surface area (Å²) in [5.41, 5.74) is 0. The summed E-state index contributed by atoms with van der Waals surface area (Å²) in [6, 6.07) is 0. The third-order valence-corrected chi connectivity index (χ3v) is 5.27. The molecule has 6 nitrogen and oxygen atoms in total. The van der Waals surface area contributed by atoms with Crippen molar-refractivity contribution in [1.82, 2.24) is 15.1 Å². The lowest BCUT2D eigenvalue weighted by Crippen LogP contribution is -2.45. The van der Waals surface area contributed by atoms with E-state index in [2.05, 4.69) is 10.2 Å². The minimum Gasteiger partial charge on any atom is -0.376 e. The molecule has 3 rings (SSSR count). The van der Waals surface area contributed by atoms with Crippen LogP contribution >= 0.6 is 0 Å². The molecular weight excluding hydrogens is 294 g/mol. The van der Waals surface area contributed by atoms with E-state index in [1.165, 1.54) is 0 Å². The zero-order valence-corrected chi connectivity index (χ0v) is 14.0. The second-order valence-electron chi connectivity index (χ2n) is 7.02. The van der Waals surface area contributed by atoms with Gasteiger partial charge in [-0.25, -0.2) is 0 Å². The van der Waals surface area contributed by atoms with Crippen molar-refractivity contribution in [2.45, 2.75) is 44.6 Å². The van der Waals surface area contributed by atoms with E-state index in [1.54, 1.807) is 0 Å². The Hall–Kier alpha value is -1.14. The predicted octanol–water partition coefficient (Wildman–Crippen LogP) is 0.616. The number of carbonyl (C=O) groups is 2. The lowest BCUT2D eigenvalue weighted by atomic mass is 9.95. The van der Waals surface area contributed by atoms with E-state index >= 15 is 0 Å². The Balaban J connectivity index is 1.33. The minimum absolute atomic E-state index is 0.0739. The normalized spacial score (nSPS) is 26.6. The number of hydrogen-bond acceptors (Lipinski definition) is 4. The summed E-state index contributed by atoms with van der Waals surface area (Å²) < 4.78 is 5.51. The summed E-state index contributed by atoms with van der Waals surface area (Å²) in [6.07, 6.45) is 6.40. The van der Waals surface area contributed by atoms with Crippen molar-refractivity contribution in [3.05, 3.63) is 0 Å². The smallest absolute Gasteiger partial charge is 0.234 e. The number of nitrogens with one attached hydrogen (secondary N) is 1. The maximum Gasteiger partial charge on any atom is 0.234 e. The van der Waals surface area contributed by atoms with Crippen molar-refractivity contribution in [1.29, 1.82) is 0 Å².